The Labute approximate surface area is 155 Å². The van der Waals surface area contributed by atoms with Gasteiger partial charge in [0, 0.05) is 12.0 Å². The van der Waals surface area contributed by atoms with E-state index in [2.05, 4.69) is 6.92 Å². The zero-order valence-electron chi connectivity index (χ0n) is 15.6. The van der Waals surface area contributed by atoms with Crippen LogP contribution in [-0.2, 0) is 19.0 Å². The SMILES string of the molecule is CCCCCCC(=O)OCCOCCOCCOc1ccc(C=O)cc1. The number of benzene rings is 1. The molecule has 0 amide bonds. The Morgan fingerprint density at radius 2 is 1.54 bits per heavy atom. The van der Waals surface area contributed by atoms with Gasteiger partial charge in [-0.1, -0.05) is 26.2 Å². The van der Waals surface area contributed by atoms with Gasteiger partial charge in [-0.15, -0.1) is 0 Å². The molecule has 0 aliphatic heterocycles. The van der Waals surface area contributed by atoms with E-state index in [4.69, 9.17) is 18.9 Å². The van der Waals surface area contributed by atoms with Crippen LogP contribution in [-0.4, -0.2) is 51.9 Å². The zero-order valence-corrected chi connectivity index (χ0v) is 15.6. The summed E-state index contributed by atoms with van der Waals surface area (Å²) in [6.45, 7) is 4.58. The molecule has 0 aromatic heterocycles. The van der Waals surface area contributed by atoms with Crippen molar-refractivity contribution in [2.75, 3.05) is 39.6 Å². The van der Waals surface area contributed by atoms with Gasteiger partial charge < -0.3 is 18.9 Å². The average Bonchev–Trinajstić information content (AvgIpc) is 2.67. The molecule has 0 unspecified atom stereocenters. The van der Waals surface area contributed by atoms with Gasteiger partial charge in [0.1, 0.15) is 25.2 Å². The summed E-state index contributed by atoms with van der Waals surface area (Å²) >= 11 is 0. The molecule has 0 fully saturated rings. The number of aldehydes is 1. The molecule has 6 nitrogen and oxygen atoms in total. The summed E-state index contributed by atoms with van der Waals surface area (Å²) in [7, 11) is 0. The van der Waals surface area contributed by atoms with E-state index in [1.807, 2.05) is 0 Å². The quantitative estimate of drug-likeness (QED) is 0.254. The summed E-state index contributed by atoms with van der Waals surface area (Å²) in [6, 6.07) is 6.90. The second kappa shape index (κ2) is 15.3. The van der Waals surface area contributed by atoms with Crippen LogP contribution in [0.15, 0.2) is 24.3 Å². The van der Waals surface area contributed by atoms with Gasteiger partial charge in [0.15, 0.2) is 0 Å². The molecule has 0 heterocycles. The van der Waals surface area contributed by atoms with Crippen molar-refractivity contribution in [2.45, 2.75) is 39.0 Å². The molecular formula is C20H30O6. The number of hydrogen-bond donors (Lipinski definition) is 0. The highest BCUT2D eigenvalue weighted by Gasteiger charge is 2.02. The predicted octanol–water partition coefficient (Wildman–Crippen LogP) is 3.42. The minimum Gasteiger partial charge on any atom is -0.491 e. The summed E-state index contributed by atoms with van der Waals surface area (Å²) in [5, 5.41) is 0. The van der Waals surface area contributed by atoms with Gasteiger partial charge in [0.25, 0.3) is 0 Å². The predicted molar refractivity (Wildman–Crippen MR) is 98.7 cm³/mol. The van der Waals surface area contributed by atoms with E-state index in [0.717, 1.165) is 32.0 Å². The molecule has 1 rings (SSSR count). The van der Waals surface area contributed by atoms with Gasteiger partial charge in [-0.05, 0) is 30.7 Å². The summed E-state index contributed by atoms with van der Waals surface area (Å²) in [6.07, 6.45) is 5.57. The van der Waals surface area contributed by atoms with Crippen LogP contribution in [0.5, 0.6) is 5.75 Å². The van der Waals surface area contributed by atoms with Gasteiger partial charge in [0.05, 0.1) is 26.4 Å². The molecule has 0 saturated heterocycles. The Kier molecular flexibility index (Phi) is 13.1. The van der Waals surface area contributed by atoms with Crippen molar-refractivity contribution in [1.29, 1.82) is 0 Å². The van der Waals surface area contributed by atoms with Gasteiger partial charge in [-0.3, -0.25) is 9.59 Å². The number of unbranched alkanes of at least 4 members (excludes halogenated alkanes) is 3. The van der Waals surface area contributed by atoms with Crippen LogP contribution in [0.3, 0.4) is 0 Å². The van der Waals surface area contributed by atoms with Crippen molar-refractivity contribution in [3.05, 3.63) is 29.8 Å². The molecule has 1 aromatic carbocycles. The maximum Gasteiger partial charge on any atom is 0.305 e. The highest BCUT2D eigenvalue weighted by atomic mass is 16.6. The van der Waals surface area contributed by atoms with E-state index in [1.54, 1.807) is 24.3 Å². The Bertz CT molecular complexity index is 486. The summed E-state index contributed by atoms with van der Waals surface area (Å²) in [5.74, 6) is 0.547. The van der Waals surface area contributed by atoms with Crippen LogP contribution in [0.2, 0.25) is 0 Å². The zero-order chi connectivity index (χ0) is 18.9. The van der Waals surface area contributed by atoms with Gasteiger partial charge in [-0.2, -0.15) is 0 Å². The molecule has 0 saturated carbocycles. The molecule has 1 aromatic rings. The third-order valence-electron chi connectivity index (χ3n) is 3.61. The lowest BCUT2D eigenvalue weighted by molar-refractivity contribution is -0.145. The first-order chi connectivity index (χ1) is 12.8. The fraction of sp³-hybridized carbons (Fsp3) is 0.600. The van der Waals surface area contributed by atoms with Crippen molar-refractivity contribution < 1.29 is 28.5 Å². The molecule has 0 radical (unpaired) electrons. The van der Waals surface area contributed by atoms with Gasteiger partial charge in [-0.25, -0.2) is 0 Å². The first kappa shape index (κ1) is 22.1. The Balaban J connectivity index is 1.85. The molecule has 146 valence electrons. The monoisotopic (exact) mass is 366 g/mol. The highest BCUT2D eigenvalue weighted by Crippen LogP contribution is 2.10. The fourth-order valence-electron chi connectivity index (χ4n) is 2.17. The molecule has 0 bridgehead atoms. The Morgan fingerprint density at radius 1 is 0.885 bits per heavy atom. The molecule has 26 heavy (non-hydrogen) atoms. The number of rotatable bonds is 16. The second-order valence-corrected chi connectivity index (χ2v) is 5.79. The van der Waals surface area contributed by atoms with Crippen LogP contribution in [0.1, 0.15) is 49.4 Å². The van der Waals surface area contributed by atoms with E-state index in [0.29, 0.717) is 50.8 Å². The number of hydrogen-bond acceptors (Lipinski definition) is 6. The molecule has 6 heteroatoms. The lowest BCUT2D eigenvalue weighted by Crippen LogP contribution is -2.14. The minimum atomic E-state index is -0.153. The standard InChI is InChI=1S/C20H30O6/c1-2-3-4-5-6-20(22)26-16-14-24-12-11-23-13-15-25-19-9-7-18(17-21)8-10-19/h7-10,17H,2-6,11-16H2,1H3. The maximum atomic E-state index is 11.4. The number of ether oxygens (including phenoxy) is 4. The fourth-order valence-corrected chi connectivity index (χ4v) is 2.17. The van der Waals surface area contributed by atoms with E-state index in [-0.39, 0.29) is 12.6 Å². The van der Waals surface area contributed by atoms with Crippen molar-refractivity contribution >= 4 is 12.3 Å². The lowest BCUT2D eigenvalue weighted by Gasteiger charge is -2.08. The van der Waals surface area contributed by atoms with Gasteiger partial charge >= 0.3 is 5.97 Å². The first-order valence-corrected chi connectivity index (χ1v) is 9.25. The average molecular weight is 366 g/mol. The molecule has 0 aliphatic carbocycles. The van der Waals surface area contributed by atoms with E-state index in [1.165, 1.54) is 0 Å². The molecule has 0 spiro atoms. The van der Waals surface area contributed by atoms with Crippen LogP contribution in [0.4, 0.5) is 0 Å². The lowest BCUT2D eigenvalue weighted by atomic mass is 10.2. The molecule has 0 aliphatic rings. The number of esters is 1. The van der Waals surface area contributed by atoms with Crippen LogP contribution in [0, 0.1) is 0 Å². The van der Waals surface area contributed by atoms with Crippen molar-refractivity contribution in [2.24, 2.45) is 0 Å². The Hall–Kier alpha value is -1.92. The molecular weight excluding hydrogens is 336 g/mol. The highest BCUT2D eigenvalue weighted by molar-refractivity contribution is 5.74. The van der Waals surface area contributed by atoms with Crippen LogP contribution < -0.4 is 4.74 Å². The van der Waals surface area contributed by atoms with Crippen LogP contribution >= 0.6 is 0 Å². The summed E-state index contributed by atoms with van der Waals surface area (Å²) in [5.41, 5.74) is 0.618. The largest absolute Gasteiger partial charge is 0.491 e. The van der Waals surface area contributed by atoms with E-state index < -0.39 is 0 Å². The van der Waals surface area contributed by atoms with E-state index in [9.17, 15) is 9.59 Å². The summed E-state index contributed by atoms with van der Waals surface area (Å²) < 4.78 is 21.3. The first-order valence-electron chi connectivity index (χ1n) is 9.25. The van der Waals surface area contributed by atoms with E-state index >= 15 is 0 Å². The van der Waals surface area contributed by atoms with Crippen molar-refractivity contribution in [1.82, 2.24) is 0 Å². The third kappa shape index (κ3) is 11.6. The van der Waals surface area contributed by atoms with Crippen molar-refractivity contribution in [3.8, 4) is 5.75 Å². The minimum absolute atomic E-state index is 0.153. The number of carbonyl (C=O) groups excluding carboxylic acids is 2. The third-order valence-corrected chi connectivity index (χ3v) is 3.61. The normalized spacial score (nSPS) is 10.5. The summed E-state index contributed by atoms with van der Waals surface area (Å²) in [4.78, 5) is 22.0. The Morgan fingerprint density at radius 3 is 2.19 bits per heavy atom. The number of carbonyl (C=O) groups is 2. The molecule has 0 N–H and O–H groups in total. The van der Waals surface area contributed by atoms with Crippen LogP contribution in [0.25, 0.3) is 0 Å². The second-order valence-electron chi connectivity index (χ2n) is 5.79. The van der Waals surface area contributed by atoms with Crippen molar-refractivity contribution in [3.63, 3.8) is 0 Å². The smallest absolute Gasteiger partial charge is 0.305 e. The van der Waals surface area contributed by atoms with Gasteiger partial charge in [0.2, 0.25) is 0 Å². The molecule has 0 atom stereocenters. The maximum absolute atomic E-state index is 11.4. The topological polar surface area (TPSA) is 71.1 Å².